The van der Waals surface area contributed by atoms with Crippen LogP contribution in [-0.2, 0) is 11.0 Å². The maximum atomic E-state index is 13.1. The summed E-state index contributed by atoms with van der Waals surface area (Å²) in [6.07, 6.45) is -0.333. The van der Waals surface area contributed by atoms with Crippen molar-refractivity contribution in [1.29, 1.82) is 0 Å². The average Bonchev–Trinajstić information content (AvgIpc) is 3.39. The molecule has 162 valence electrons. The second-order valence-electron chi connectivity index (χ2n) is 7.49. The Morgan fingerprint density at radius 2 is 2.00 bits per heavy atom. The molecular formula is C19H22F3N5O2S. The van der Waals surface area contributed by atoms with Crippen LogP contribution in [0, 0.1) is 13.8 Å². The minimum atomic E-state index is -4.38. The van der Waals surface area contributed by atoms with Gasteiger partial charge in [0.2, 0.25) is 5.95 Å². The third-order valence-electron chi connectivity index (χ3n) is 5.16. The van der Waals surface area contributed by atoms with Crippen LogP contribution in [0.2, 0.25) is 0 Å². The summed E-state index contributed by atoms with van der Waals surface area (Å²) >= 11 is 0. The summed E-state index contributed by atoms with van der Waals surface area (Å²) in [5.74, 6) is 0.569. The van der Waals surface area contributed by atoms with E-state index in [1.807, 2.05) is 0 Å². The Balaban J connectivity index is 1.77. The van der Waals surface area contributed by atoms with Crippen LogP contribution in [0.15, 0.2) is 21.6 Å². The van der Waals surface area contributed by atoms with Crippen LogP contribution >= 0.6 is 0 Å². The van der Waals surface area contributed by atoms with E-state index in [2.05, 4.69) is 25.2 Å². The first-order valence-electron chi connectivity index (χ1n) is 9.67. The maximum Gasteiger partial charge on any atom is 0.405 e. The Hall–Kier alpha value is -2.40. The number of alkyl halides is 3. The number of nitrogens with one attached hydrogen (secondary N) is 3. The number of imidazole rings is 1. The van der Waals surface area contributed by atoms with Crippen molar-refractivity contribution < 1.29 is 21.9 Å². The van der Waals surface area contributed by atoms with Gasteiger partial charge in [-0.05, 0) is 44.4 Å². The molecule has 1 unspecified atom stereocenters. The van der Waals surface area contributed by atoms with Gasteiger partial charge in [-0.25, -0.2) is 13.9 Å². The molecule has 3 aromatic rings. The summed E-state index contributed by atoms with van der Waals surface area (Å²) in [7, 11) is -1.57. The van der Waals surface area contributed by atoms with E-state index in [1.54, 1.807) is 26.0 Å². The Morgan fingerprint density at radius 3 is 2.63 bits per heavy atom. The van der Waals surface area contributed by atoms with Crippen molar-refractivity contribution in [3.8, 4) is 11.1 Å². The fourth-order valence-corrected chi connectivity index (χ4v) is 5.02. The highest BCUT2D eigenvalue weighted by Crippen LogP contribution is 2.33. The molecule has 7 nitrogen and oxygen atoms in total. The lowest BCUT2D eigenvalue weighted by Crippen LogP contribution is -2.28. The van der Waals surface area contributed by atoms with Crippen molar-refractivity contribution in [3.63, 3.8) is 0 Å². The number of hydrogen-bond acceptors (Lipinski definition) is 5. The predicted octanol–water partition coefficient (Wildman–Crippen LogP) is 4.36. The van der Waals surface area contributed by atoms with Gasteiger partial charge in [-0.15, -0.1) is 0 Å². The summed E-state index contributed by atoms with van der Waals surface area (Å²) in [4.78, 5) is 7.51. The summed E-state index contributed by atoms with van der Waals surface area (Å²) < 4.78 is 59.3. The van der Waals surface area contributed by atoms with Crippen molar-refractivity contribution in [1.82, 2.24) is 19.8 Å². The standard InChI is InChI=1S/C19H22F3N5O2S/c1-10-16(11(2)29-26-10)12-7-14-17(25-18(24-14)23-9-19(20,21)22)15(8-12)30(28)27-13-5-3-4-6-13/h7-8,13,27H,3-6,9H2,1-2H3,(H2,23,24,25). The zero-order chi connectivity index (χ0) is 21.5. The van der Waals surface area contributed by atoms with Gasteiger partial charge >= 0.3 is 6.18 Å². The molecule has 2 aromatic heterocycles. The van der Waals surface area contributed by atoms with Gasteiger partial charge in [0.15, 0.2) is 0 Å². The Kier molecular flexibility index (Phi) is 5.58. The predicted molar refractivity (Wildman–Crippen MR) is 107 cm³/mol. The van der Waals surface area contributed by atoms with Gasteiger partial charge in [0.1, 0.15) is 28.8 Å². The second-order valence-corrected chi connectivity index (χ2v) is 8.70. The van der Waals surface area contributed by atoms with E-state index in [0.29, 0.717) is 32.9 Å². The molecule has 0 amide bonds. The highest BCUT2D eigenvalue weighted by Gasteiger charge is 2.28. The second kappa shape index (κ2) is 8.03. The number of nitrogens with zero attached hydrogens (tertiary/aromatic N) is 2. The maximum absolute atomic E-state index is 13.1. The Morgan fingerprint density at radius 1 is 1.27 bits per heavy atom. The lowest BCUT2D eigenvalue weighted by atomic mass is 10.0. The number of anilines is 1. The molecule has 1 saturated carbocycles. The number of rotatable bonds is 6. The SMILES string of the molecule is Cc1noc(C)c1-c1cc(S(=O)NC2CCCC2)c2nc(NCC(F)(F)F)[nH]c2c1. The minimum Gasteiger partial charge on any atom is -0.361 e. The molecule has 0 spiro atoms. The molecule has 1 atom stereocenters. The molecule has 1 fully saturated rings. The largest absolute Gasteiger partial charge is 0.405 e. The molecular weight excluding hydrogens is 419 g/mol. The molecule has 1 aliphatic rings. The summed E-state index contributed by atoms with van der Waals surface area (Å²) in [6, 6.07) is 3.64. The zero-order valence-corrected chi connectivity index (χ0v) is 17.3. The first kappa shape index (κ1) is 20.9. The van der Waals surface area contributed by atoms with Crippen molar-refractivity contribution in [3.05, 3.63) is 23.6 Å². The molecule has 30 heavy (non-hydrogen) atoms. The van der Waals surface area contributed by atoms with E-state index in [9.17, 15) is 17.4 Å². The molecule has 11 heteroatoms. The van der Waals surface area contributed by atoms with Crippen LogP contribution in [0.3, 0.4) is 0 Å². The number of H-pyrrole nitrogens is 1. The Labute approximate surface area is 173 Å². The number of aromatic nitrogens is 3. The number of hydrogen-bond donors (Lipinski definition) is 3. The van der Waals surface area contributed by atoms with Gasteiger partial charge in [0, 0.05) is 11.6 Å². The van der Waals surface area contributed by atoms with E-state index in [1.165, 1.54) is 0 Å². The van der Waals surface area contributed by atoms with Crippen LogP contribution in [0.4, 0.5) is 19.1 Å². The Bertz CT molecular complexity index is 1070. The van der Waals surface area contributed by atoms with E-state index in [0.717, 1.165) is 31.2 Å². The molecule has 1 aliphatic carbocycles. The van der Waals surface area contributed by atoms with Gasteiger partial charge in [-0.2, -0.15) is 13.2 Å². The molecule has 0 aliphatic heterocycles. The molecule has 0 bridgehead atoms. The lowest BCUT2D eigenvalue weighted by Gasteiger charge is -2.12. The van der Waals surface area contributed by atoms with E-state index in [-0.39, 0.29) is 12.0 Å². The first-order chi connectivity index (χ1) is 14.2. The number of halogens is 3. The van der Waals surface area contributed by atoms with Gasteiger partial charge in [0.25, 0.3) is 0 Å². The summed E-state index contributed by atoms with van der Waals surface area (Å²) in [5, 5.41) is 6.21. The monoisotopic (exact) mass is 441 g/mol. The van der Waals surface area contributed by atoms with Crippen LogP contribution in [-0.4, -0.2) is 38.1 Å². The van der Waals surface area contributed by atoms with Gasteiger partial charge in [0.05, 0.1) is 16.1 Å². The fraction of sp³-hybridized carbons (Fsp3) is 0.474. The van der Waals surface area contributed by atoms with Gasteiger partial charge in [-0.1, -0.05) is 18.0 Å². The third-order valence-corrected chi connectivity index (χ3v) is 6.42. The van der Waals surface area contributed by atoms with Crippen molar-refractivity contribution >= 4 is 28.0 Å². The number of aryl methyl sites for hydroxylation is 2. The molecule has 3 N–H and O–H groups in total. The van der Waals surface area contributed by atoms with E-state index in [4.69, 9.17) is 4.52 Å². The minimum absolute atomic E-state index is 0.0302. The van der Waals surface area contributed by atoms with Crippen LogP contribution < -0.4 is 10.0 Å². The highest BCUT2D eigenvalue weighted by atomic mass is 32.2. The smallest absolute Gasteiger partial charge is 0.361 e. The molecule has 4 rings (SSSR count). The van der Waals surface area contributed by atoms with Gasteiger partial charge < -0.3 is 14.8 Å². The van der Waals surface area contributed by atoms with Crippen molar-refractivity contribution in [2.24, 2.45) is 0 Å². The summed E-state index contributed by atoms with van der Waals surface area (Å²) in [6.45, 7) is 2.35. The van der Waals surface area contributed by atoms with E-state index >= 15 is 0 Å². The first-order valence-corrected chi connectivity index (χ1v) is 10.8. The lowest BCUT2D eigenvalue weighted by molar-refractivity contribution is -0.115. The topological polar surface area (TPSA) is 95.8 Å². The van der Waals surface area contributed by atoms with Crippen LogP contribution in [0.5, 0.6) is 0 Å². The quantitative estimate of drug-likeness (QED) is 0.528. The third kappa shape index (κ3) is 4.36. The number of aromatic amines is 1. The average molecular weight is 441 g/mol. The molecule has 0 radical (unpaired) electrons. The molecule has 2 heterocycles. The molecule has 0 saturated heterocycles. The number of fused-ring (bicyclic) bond motifs is 1. The van der Waals surface area contributed by atoms with Gasteiger partial charge in [-0.3, -0.25) is 0 Å². The normalized spacial score (nSPS) is 16.4. The van der Waals surface area contributed by atoms with Crippen LogP contribution in [0.25, 0.3) is 22.2 Å². The number of benzene rings is 1. The van der Waals surface area contributed by atoms with Crippen molar-refractivity contribution in [2.45, 2.75) is 56.6 Å². The zero-order valence-electron chi connectivity index (χ0n) is 16.5. The van der Waals surface area contributed by atoms with E-state index < -0.39 is 23.7 Å². The highest BCUT2D eigenvalue weighted by molar-refractivity contribution is 7.83. The summed E-state index contributed by atoms with van der Waals surface area (Å²) in [5.41, 5.74) is 2.98. The fourth-order valence-electron chi connectivity index (χ4n) is 3.79. The molecule has 1 aromatic carbocycles. The van der Waals surface area contributed by atoms with Crippen LogP contribution in [0.1, 0.15) is 37.1 Å². The van der Waals surface area contributed by atoms with Crippen molar-refractivity contribution in [2.75, 3.05) is 11.9 Å².